The zero-order chi connectivity index (χ0) is 26.5. The van der Waals surface area contributed by atoms with E-state index in [-0.39, 0.29) is 0 Å². The number of rotatable bonds is 23. The number of benzene rings is 2. The molecule has 0 heterocycles. The van der Waals surface area contributed by atoms with Gasteiger partial charge in [0.05, 0.1) is 0 Å². The maximum absolute atomic E-state index is 3.64. The third kappa shape index (κ3) is 22.1. The Morgan fingerprint density at radius 3 is 0.919 bits per heavy atom. The lowest BCUT2D eigenvalue weighted by molar-refractivity contribution is 0.525. The fraction of sp³-hybridized carbons (Fsp3) is 0.667. The standard InChI is InChI=1S/C24H51N.C12H10/c1-3-5-7-9-11-13-15-17-19-21-23-25-24-22-20-18-16-14-12-10-8-6-4-2;1-3-7-11(8-4-1)12-9-5-2-6-10-12/h25H,3-24H2,1-2H3;1-10H. The molecule has 0 bridgehead atoms. The first kappa shape index (κ1) is 33.4. The third-order valence-electron chi connectivity index (χ3n) is 7.30. The zero-order valence-electron chi connectivity index (χ0n) is 24.8. The number of unbranched alkanes of at least 4 members (excludes halogenated alkanes) is 18. The maximum Gasteiger partial charge on any atom is -0.00489 e. The van der Waals surface area contributed by atoms with Gasteiger partial charge in [-0.15, -0.1) is 0 Å². The van der Waals surface area contributed by atoms with Crippen molar-refractivity contribution in [3.05, 3.63) is 60.7 Å². The van der Waals surface area contributed by atoms with Crippen molar-refractivity contribution in [2.45, 2.75) is 142 Å². The summed E-state index contributed by atoms with van der Waals surface area (Å²) in [6.45, 7) is 7.08. The summed E-state index contributed by atoms with van der Waals surface area (Å²) in [5, 5.41) is 3.64. The van der Waals surface area contributed by atoms with Gasteiger partial charge in [0.2, 0.25) is 0 Å². The molecule has 0 radical (unpaired) electrons. The van der Waals surface area contributed by atoms with Crippen LogP contribution in [0.25, 0.3) is 11.1 Å². The average Bonchev–Trinajstić information content (AvgIpc) is 2.95. The van der Waals surface area contributed by atoms with Gasteiger partial charge in [0.15, 0.2) is 0 Å². The van der Waals surface area contributed by atoms with Crippen molar-refractivity contribution in [2.75, 3.05) is 13.1 Å². The lowest BCUT2D eigenvalue weighted by Gasteiger charge is -2.05. The van der Waals surface area contributed by atoms with E-state index in [1.807, 2.05) is 12.1 Å². The molecule has 1 N–H and O–H groups in total. The number of hydrogen-bond acceptors (Lipinski definition) is 1. The summed E-state index contributed by atoms with van der Waals surface area (Å²) in [4.78, 5) is 0. The van der Waals surface area contributed by atoms with Gasteiger partial charge in [0.25, 0.3) is 0 Å². The Bertz CT molecular complexity index is 606. The number of nitrogens with one attached hydrogen (secondary N) is 1. The van der Waals surface area contributed by atoms with E-state index in [1.54, 1.807) is 0 Å². The molecule has 0 saturated heterocycles. The second-order valence-electron chi connectivity index (χ2n) is 10.8. The molecule has 37 heavy (non-hydrogen) atoms. The third-order valence-corrected chi connectivity index (χ3v) is 7.30. The Kier molecular flexibility index (Phi) is 24.8. The van der Waals surface area contributed by atoms with Crippen LogP contribution < -0.4 is 5.32 Å². The van der Waals surface area contributed by atoms with Gasteiger partial charge in [0, 0.05) is 0 Å². The molecule has 0 saturated carbocycles. The Morgan fingerprint density at radius 2 is 0.622 bits per heavy atom. The van der Waals surface area contributed by atoms with Crippen molar-refractivity contribution in [1.29, 1.82) is 0 Å². The van der Waals surface area contributed by atoms with E-state index in [0.717, 1.165) is 0 Å². The first-order valence-corrected chi connectivity index (χ1v) is 16.2. The van der Waals surface area contributed by atoms with Gasteiger partial charge in [0.1, 0.15) is 0 Å². The van der Waals surface area contributed by atoms with Gasteiger partial charge < -0.3 is 5.32 Å². The lowest BCUT2D eigenvalue weighted by atomic mass is 10.1. The Hall–Kier alpha value is -1.60. The summed E-state index contributed by atoms with van der Waals surface area (Å²) in [7, 11) is 0. The van der Waals surface area contributed by atoms with E-state index in [0.29, 0.717) is 0 Å². The van der Waals surface area contributed by atoms with Gasteiger partial charge in [-0.3, -0.25) is 0 Å². The van der Waals surface area contributed by atoms with Crippen LogP contribution in [0.3, 0.4) is 0 Å². The van der Waals surface area contributed by atoms with E-state index >= 15 is 0 Å². The summed E-state index contributed by atoms with van der Waals surface area (Å²) in [6.07, 6.45) is 28.8. The second kappa shape index (κ2) is 27.4. The Labute approximate surface area is 232 Å². The smallest absolute Gasteiger partial charge is 0.00489 e. The summed E-state index contributed by atoms with van der Waals surface area (Å²) in [5.74, 6) is 0. The van der Waals surface area contributed by atoms with Crippen LogP contribution in [-0.4, -0.2) is 13.1 Å². The molecule has 1 nitrogen and oxygen atoms in total. The van der Waals surface area contributed by atoms with Gasteiger partial charge in [-0.2, -0.15) is 0 Å². The molecule has 1 heteroatoms. The molecular weight excluding hydrogens is 446 g/mol. The van der Waals surface area contributed by atoms with Crippen LogP contribution in [0.4, 0.5) is 0 Å². The highest BCUT2D eigenvalue weighted by Gasteiger charge is 1.95. The summed E-state index contributed by atoms with van der Waals surface area (Å²) in [5.41, 5.74) is 2.55. The lowest BCUT2D eigenvalue weighted by Crippen LogP contribution is -2.16. The minimum atomic E-state index is 1.24. The van der Waals surface area contributed by atoms with Crippen LogP contribution in [0, 0.1) is 0 Å². The quantitative estimate of drug-likeness (QED) is 0.147. The minimum Gasteiger partial charge on any atom is -0.317 e. The first-order chi connectivity index (χ1) is 18.4. The molecule has 0 amide bonds. The van der Waals surface area contributed by atoms with Crippen LogP contribution >= 0.6 is 0 Å². The fourth-order valence-electron chi connectivity index (χ4n) is 4.86. The highest BCUT2D eigenvalue weighted by molar-refractivity contribution is 5.62. The average molecular weight is 508 g/mol. The molecule has 0 unspecified atom stereocenters. The molecule has 0 aliphatic carbocycles. The van der Waals surface area contributed by atoms with Gasteiger partial charge in [-0.25, -0.2) is 0 Å². The van der Waals surface area contributed by atoms with Crippen molar-refractivity contribution in [2.24, 2.45) is 0 Å². The van der Waals surface area contributed by atoms with Gasteiger partial charge in [-0.05, 0) is 37.1 Å². The molecule has 0 fully saturated rings. The van der Waals surface area contributed by atoms with Crippen LogP contribution in [0.2, 0.25) is 0 Å². The van der Waals surface area contributed by atoms with Crippen molar-refractivity contribution in [3.63, 3.8) is 0 Å². The molecule has 0 aliphatic rings. The highest BCUT2D eigenvalue weighted by Crippen LogP contribution is 2.17. The molecular formula is C36H61N. The van der Waals surface area contributed by atoms with E-state index in [1.165, 1.54) is 153 Å². The van der Waals surface area contributed by atoms with Crippen LogP contribution in [-0.2, 0) is 0 Å². The molecule has 210 valence electrons. The molecule has 0 atom stereocenters. The molecule has 0 spiro atoms. The summed E-state index contributed by atoms with van der Waals surface area (Å²) in [6, 6.07) is 20.8. The molecule has 2 aromatic rings. The van der Waals surface area contributed by atoms with E-state index in [2.05, 4.69) is 67.7 Å². The van der Waals surface area contributed by atoms with Crippen molar-refractivity contribution in [1.82, 2.24) is 5.32 Å². The van der Waals surface area contributed by atoms with Crippen LogP contribution in [0.5, 0.6) is 0 Å². The monoisotopic (exact) mass is 507 g/mol. The van der Waals surface area contributed by atoms with Crippen molar-refractivity contribution < 1.29 is 0 Å². The van der Waals surface area contributed by atoms with Crippen molar-refractivity contribution >= 4 is 0 Å². The normalized spacial score (nSPS) is 10.8. The van der Waals surface area contributed by atoms with Gasteiger partial charge >= 0.3 is 0 Å². The maximum atomic E-state index is 3.64. The Balaban J connectivity index is 0.000000466. The molecule has 2 aromatic carbocycles. The number of hydrogen-bond donors (Lipinski definition) is 1. The zero-order valence-corrected chi connectivity index (χ0v) is 24.8. The van der Waals surface area contributed by atoms with E-state index in [4.69, 9.17) is 0 Å². The molecule has 0 aromatic heterocycles. The SMILES string of the molecule is CCCCCCCCCCCCNCCCCCCCCCCCC.c1ccc(-c2ccccc2)cc1. The van der Waals surface area contributed by atoms with Crippen LogP contribution in [0.1, 0.15) is 142 Å². The predicted octanol–water partition coefficient (Wildman–Crippen LogP) is 11.8. The van der Waals surface area contributed by atoms with E-state index < -0.39 is 0 Å². The van der Waals surface area contributed by atoms with Crippen LogP contribution in [0.15, 0.2) is 60.7 Å². The van der Waals surface area contributed by atoms with E-state index in [9.17, 15) is 0 Å². The molecule has 0 aliphatic heterocycles. The van der Waals surface area contributed by atoms with Gasteiger partial charge in [-0.1, -0.05) is 190 Å². The first-order valence-electron chi connectivity index (χ1n) is 16.2. The summed E-state index contributed by atoms with van der Waals surface area (Å²) >= 11 is 0. The fourth-order valence-corrected chi connectivity index (χ4v) is 4.86. The second-order valence-corrected chi connectivity index (χ2v) is 10.8. The summed E-state index contributed by atoms with van der Waals surface area (Å²) < 4.78 is 0. The molecule has 2 rings (SSSR count). The minimum absolute atomic E-state index is 1.24. The highest BCUT2D eigenvalue weighted by atomic mass is 14.8. The topological polar surface area (TPSA) is 12.0 Å². The Morgan fingerprint density at radius 1 is 0.351 bits per heavy atom. The largest absolute Gasteiger partial charge is 0.317 e. The predicted molar refractivity (Wildman–Crippen MR) is 168 cm³/mol. The van der Waals surface area contributed by atoms with Crippen molar-refractivity contribution in [3.8, 4) is 11.1 Å².